The van der Waals surface area contributed by atoms with Crippen molar-refractivity contribution in [1.82, 2.24) is 9.55 Å². The minimum atomic E-state index is -0.564. The summed E-state index contributed by atoms with van der Waals surface area (Å²) < 4.78 is 6.30. The predicted molar refractivity (Wildman–Crippen MR) is 66.0 cm³/mol. The molecule has 1 aromatic carbocycles. The van der Waals surface area contributed by atoms with Crippen LogP contribution in [0.4, 0.5) is 5.69 Å². The Morgan fingerprint density at radius 2 is 2.22 bits per heavy atom. The SMILES string of the molecule is COC(=O)CC(=O)Nc1ccc2c(c1)ncn2C. The Morgan fingerprint density at radius 1 is 1.44 bits per heavy atom. The fraction of sp³-hybridized carbons (Fsp3) is 0.250. The quantitative estimate of drug-likeness (QED) is 0.650. The molecule has 18 heavy (non-hydrogen) atoms. The molecule has 1 N–H and O–H groups in total. The lowest BCUT2D eigenvalue weighted by Crippen LogP contribution is -2.17. The highest BCUT2D eigenvalue weighted by atomic mass is 16.5. The Hall–Kier alpha value is -2.37. The summed E-state index contributed by atoms with van der Waals surface area (Å²) >= 11 is 0. The van der Waals surface area contributed by atoms with E-state index in [-0.39, 0.29) is 6.42 Å². The smallest absolute Gasteiger partial charge is 0.315 e. The van der Waals surface area contributed by atoms with E-state index >= 15 is 0 Å². The van der Waals surface area contributed by atoms with Crippen LogP contribution in [-0.4, -0.2) is 28.5 Å². The van der Waals surface area contributed by atoms with E-state index in [9.17, 15) is 9.59 Å². The maximum atomic E-state index is 11.5. The summed E-state index contributed by atoms with van der Waals surface area (Å²) in [7, 11) is 3.14. The number of aromatic nitrogens is 2. The fourth-order valence-corrected chi connectivity index (χ4v) is 1.62. The molecule has 1 aromatic heterocycles. The summed E-state index contributed by atoms with van der Waals surface area (Å²) in [6.45, 7) is 0. The monoisotopic (exact) mass is 247 g/mol. The van der Waals surface area contributed by atoms with Gasteiger partial charge in [-0.1, -0.05) is 0 Å². The lowest BCUT2D eigenvalue weighted by Gasteiger charge is -2.04. The van der Waals surface area contributed by atoms with Gasteiger partial charge >= 0.3 is 5.97 Å². The molecule has 6 nitrogen and oxygen atoms in total. The van der Waals surface area contributed by atoms with Crippen molar-refractivity contribution in [3.63, 3.8) is 0 Å². The number of hydrogen-bond donors (Lipinski definition) is 1. The molecule has 0 fully saturated rings. The van der Waals surface area contributed by atoms with Crippen LogP contribution in [0, 0.1) is 0 Å². The number of hydrogen-bond acceptors (Lipinski definition) is 4. The molecule has 6 heteroatoms. The van der Waals surface area contributed by atoms with E-state index in [1.807, 2.05) is 17.7 Å². The van der Waals surface area contributed by atoms with Gasteiger partial charge < -0.3 is 14.6 Å². The Morgan fingerprint density at radius 3 is 2.94 bits per heavy atom. The highest BCUT2D eigenvalue weighted by Gasteiger charge is 2.10. The Balaban J connectivity index is 2.12. The molecule has 0 atom stereocenters. The van der Waals surface area contributed by atoms with Gasteiger partial charge in [0.1, 0.15) is 6.42 Å². The third kappa shape index (κ3) is 2.48. The normalized spacial score (nSPS) is 10.3. The van der Waals surface area contributed by atoms with Gasteiger partial charge in [0.25, 0.3) is 0 Å². The molecular formula is C12H13N3O3. The maximum absolute atomic E-state index is 11.5. The molecule has 94 valence electrons. The number of ether oxygens (including phenoxy) is 1. The van der Waals surface area contributed by atoms with Crippen LogP contribution < -0.4 is 5.32 Å². The summed E-state index contributed by atoms with van der Waals surface area (Å²) in [5.41, 5.74) is 2.37. The van der Waals surface area contributed by atoms with Crippen molar-refractivity contribution in [1.29, 1.82) is 0 Å². The average molecular weight is 247 g/mol. The van der Waals surface area contributed by atoms with Gasteiger partial charge in [-0.15, -0.1) is 0 Å². The minimum absolute atomic E-state index is 0.295. The predicted octanol–water partition coefficient (Wildman–Crippen LogP) is 1.07. The van der Waals surface area contributed by atoms with E-state index in [1.165, 1.54) is 7.11 Å². The van der Waals surface area contributed by atoms with Crippen LogP contribution in [0.2, 0.25) is 0 Å². The number of rotatable bonds is 3. The highest BCUT2D eigenvalue weighted by Crippen LogP contribution is 2.17. The molecule has 2 aromatic rings. The number of aryl methyl sites for hydroxylation is 1. The number of fused-ring (bicyclic) bond motifs is 1. The summed E-state index contributed by atoms with van der Waals surface area (Å²) in [5.74, 6) is -0.969. The number of amides is 1. The molecule has 0 aliphatic heterocycles. The van der Waals surface area contributed by atoms with Crippen molar-refractivity contribution in [2.45, 2.75) is 6.42 Å². The number of imidazole rings is 1. The van der Waals surface area contributed by atoms with Gasteiger partial charge in [-0.05, 0) is 18.2 Å². The van der Waals surface area contributed by atoms with E-state index in [2.05, 4.69) is 15.0 Å². The zero-order valence-electron chi connectivity index (χ0n) is 10.1. The minimum Gasteiger partial charge on any atom is -0.469 e. The second kappa shape index (κ2) is 4.87. The van der Waals surface area contributed by atoms with Gasteiger partial charge in [-0.3, -0.25) is 9.59 Å². The van der Waals surface area contributed by atoms with E-state index in [0.717, 1.165) is 11.0 Å². The Bertz CT molecular complexity index is 604. The van der Waals surface area contributed by atoms with E-state index in [1.54, 1.807) is 18.5 Å². The van der Waals surface area contributed by atoms with Crippen LogP contribution in [0.1, 0.15) is 6.42 Å². The molecule has 1 amide bonds. The molecule has 0 radical (unpaired) electrons. The zero-order chi connectivity index (χ0) is 13.1. The number of carbonyl (C=O) groups excluding carboxylic acids is 2. The van der Waals surface area contributed by atoms with Gasteiger partial charge in [0.2, 0.25) is 5.91 Å². The van der Waals surface area contributed by atoms with Gasteiger partial charge in [-0.2, -0.15) is 0 Å². The first-order valence-electron chi connectivity index (χ1n) is 5.38. The molecule has 0 aliphatic rings. The molecule has 1 heterocycles. The lowest BCUT2D eigenvalue weighted by molar-refractivity contribution is -0.142. The highest BCUT2D eigenvalue weighted by molar-refractivity contribution is 6.02. The summed E-state index contributed by atoms with van der Waals surface area (Å²) in [6, 6.07) is 5.37. The number of methoxy groups -OCH3 is 1. The Kier molecular flexibility index (Phi) is 3.27. The number of carbonyl (C=O) groups is 2. The number of nitrogens with zero attached hydrogens (tertiary/aromatic N) is 2. The van der Waals surface area contributed by atoms with Crippen molar-refractivity contribution < 1.29 is 14.3 Å². The summed E-state index contributed by atoms with van der Waals surface area (Å²) in [5, 5.41) is 2.62. The van der Waals surface area contributed by atoms with Gasteiger partial charge in [-0.25, -0.2) is 4.98 Å². The number of nitrogens with one attached hydrogen (secondary N) is 1. The maximum Gasteiger partial charge on any atom is 0.315 e. The molecule has 2 rings (SSSR count). The second-order valence-corrected chi connectivity index (χ2v) is 3.86. The van der Waals surface area contributed by atoms with Crippen molar-refractivity contribution in [3.05, 3.63) is 24.5 Å². The number of esters is 1. The van der Waals surface area contributed by atoms with Crippen LogP contribution in [0.25, 0.3) is 11.0 Å². The molecule has 0 aliphatic carbocycles. The fourth-order valence-electron chi connectivity index (χ4n) is 1.62. The topological polar surface area (TPSA) is 73.2 Å². The first kappa shape index (κ1) is 12.1. The standard InChI is InChI=1S/C12H13N3O3/c1-15-7-13-9-5-8(3-4-10(9)15)14-11(16)6-12(17)18-2/h3-5,7H,6H2,1-2H3,(H,14,16). The van der Waals surface area contributed by atoms with Crippen molar-refractivity contribution in [3.8, 4) is 0 Å². The van der Waals surface area contributed by atoms with Gasteiger partial charge in [0.15, 0.2) is 0 Å². The molecule has 0 spiro atoms. The molecule has 0 unspecified atom stereocenters. The van der Waals surface area contributed by atoms with Crippen molar-refractivity contribution in [2.75, 3.05) is 12.4 Å². The van der Waals surface area contributed by atoms with E-state index in [4.69, 9.17) is 0 Å². The summed E-state index contributed by atoms with van der Waals surface area (Å²) in [4.78, 5) is 26.6. The third-order valence-electron chi connectivity index (χ3n) is 2.54. The van der Waals surface area contributed by atoms with Crippen molar-refractivity contribution >= 4 is 28.6 Å². The van der Waals surface area contributed by atoms with E-state index < -0.39 is 11.9 Å². The average Bonchev–Trinajstić information content (AvgIpc) is 2.70. The zero-order valence-corrected chi connectivity index (χ0v) is 10.1. The number of benzene rings is 1. The molecule has 0 saturated carbocycles. The van der Waals surface area contributed by atoms with Crippen LogP contribution >= 0.6 is 0 Å². The third-order valence-corrected chi connectivity index (χ3v) is 2.54. The summed E-state index contributed by atoms with van der Waals surface area (Å²) in [6.07, 6.45) is 1.40. The first-order chi connectivity index (χ1) is 8.60. The van der Waals surface area contributed by atoms with Crippen LogP contribution in [-0.2, 0) is 21.4 Å². The molecule has 0 bridgehead atoms. The molecule has 0 saturated heterocycles. The second-order valence-electron chi connectivity index (χ2n) is 3.86. The van der Waals surface area contributed by atoms with Gasteiger partial charge in [0, 0.05) is 12.7 Å². The van der Waals surface area contributed by atoms with Crippen molar-refractivity contribution in [2.24, 2.45) is 7.05 Å². The molecular weight excluding hydrogens is 234 g/mol. The lowest BCUT2D eigenvalue weighted by atomic mass is 10.2. The largest absolute Gasteiger partial charge is 0.469 e. The van der Waals surface area contributed by atoms with Crippen LogP contribution in [0.3, 0.4) is 0 Å². The Labute approximate surface area is 104 Å². The first-order valence-corrected chi connectivity index (χ1v) is 5.38. The van der Waals surface area contributed by atoms with Crippen LogP contribution in [0.15, 0.2) is 24.5 Å². The van der Waals surface area contributed by atoms with E-state index in [0.29, 0.717) is 5.69 Å². The van der Waals surface area contributed by atoms with Gasteiger partial charge in [0.05, 0.1) is 24.5 Å². The number of anilines is 1. The van der Waals surface area contributed by atoms with Crippen LogP contribution in [0.5, 0.6) is 0 Å².